The summed E-state index contributed by atoms with van der Waals surface area (Å²) in [6.07, 6.45) is 4.39. The van der Waals surface area contributed by atoms with Crippen molar-refractivity contribution in [2.45, 2.75) is 39.0 Å². The normalized spacial score (nSPS) is 14.4. The molecule has 2 aromatic carbocycles. The van der Waals surface area contributed by atoms with E-state index in [2.05, 4.69) is 5.32 Å². The first-order chi connectivity index (χ1) is 16.6. The molecule has 0 saturated heterocycles. The van der Waals surface area contributed by atoms with E-state index < -0.39 is 5.97 Å². The molecule has 0 spiro atoms. The molecule has 0 radical (unpaired) electrons. The Labute approximate surface area is 198 Å². The third-order valence-electron chi connectivity index (χ3n) is 6.30. The van der Waals surface area contributed by atoms with Gasteiger partial charge in [0.15, 0.2) is 18.1 Å². The number of aromatic nitrogens is 1. The summed E-state index contributed by atoms with van der Waals surface area (Å²) in [5.41, 5.74) is 5.38. The molecule has 2 heterocycles. The van der Waals surface area contributed by atoms with Crippen LogP contribution in [0.15, 0.2) is 36.4 Å². The number of fused-ring (bicyclic) bond motifs is 3. The molecule has 0 saturated carbocycles. The van der Waals surface area contributed by atoms with Gasteiger partial charge in [0.1, 0.15) is 13.2 Å². The number of ether oxygens (including phenoxy) is 3. The van der Waals surface area contributed by atoms with Crippen LogP contribution in [0.25, 0.3) is 10.9 Å². The van der Waals surface area contributed by atoms with Crippen LogP contribution in [0.1, 0.15) is 45.6 Å². The molecule has 0 fully saturated rings. The Hall–Kier alpha value is -3.61. The summed E-state index contributed by atoms with van der Waals surface area (Å²) in [6, 6.07) is 11.7. The molecule has 1 amide bonds. The highest BCUT2D eigenvalue weighted by molar-refractivity contribution is 6.05. The zero-order valence-corrected chi connectivity index (χ0v) is 19.3. The van der Waals surface area contributed by atoms with Crippen LogP contribution in [0, 0.1) is 6.92 Å². The molecule has 1 aliphatic heterocycles. The highest BCUT2D eigenvalue weighted by Gasteiger charge is 2.24. The Morgan fingerprint density at radius 3 is 2.74 bits per heavy atom. The summed E-state index contributed by atoms with van der Waals surface area (Å²) in [4.78, 5) is 30.3. The fourth-order valence-electron chi connectivity index (χ4n) is 4.61. The van der Waals surface area contributed by atoms with E-state index in [1.54, 1.807) is 0 Å². The first-order valence-electron chi connectivity index (χ1n) is 11.8. The van der Waals surface area contributed by atoms with Gasteiger partial charge in [0.25, 0.3) is 5.91 Å². The minimum absolute atomic E-state index is 0.315. The Morgan fingerprint density at radius 1 is 1.03 bits per heavy atom. The van der Waals surface area contributed by atoms with Crippen LogP contribution in [-0.2, 0) is 28.8 Å². The van der Waals surface area contributed by atoms with Crippen LogP contribution in [-0.4, -0.2) is 43.2 Å². The number of benzene rings is 2. The van der Waals surface area contributed by atoms with E-state index in [-0.39, 0.29) is 12.5 Å². The number of hydrogen-bond acceptors (Lipinski definition) is 6. The molecule has 0 atom stereocenters. The number of aryl methyl sites for hydroxylation is 2. The quantitative estimate of drug-likeness (QED) is 0.565. The second kappa shape index (κ2) is 9.71. The van der Waals surface area contributed by atoms with Gasteiger partial charge in [0.05, 0.1) is 11.1 Å². The van der Waals surface area contributed by atoms with Gasteiger partial charge in [-0.25, -0.2) is 4.79 Å². The SMILES string of the molecule is Cc1ccc2nc3c(c(C(=O)OCC(=O)NCCc4ccc5c(c4)OCCO5)c2c1)CCCC3. The van der Waals surface area contributed by atoms with E-state index in [9.17, 15) is 9.59 Å². The molecule has 1 aliphatic carbocycles. The highest BCUT2D eigenvalue weighted by atomic mass is 16.6. The van der Waals surface area contributed by atoms with Crippen molar-refractivity contribution in [3.05, 3.63) is 64.3 Å². The van der Waals surface area contributed by atoms with Crippen molar-refractivity contribution in [3.63, 3.8) is 0 Å². The second-order valence-electron chi connectivity index (χ2n) is 8.79. The van der Waals surface area contributed by atoms with Gasteiger partial charge in [-0.2, -0.15) is 0 Å². The van der Waals surface area contributed by atoms with Crippen LogP contribution in [0.4, 0.5) is 0 Å². The van der Waals surface area contributed by atoms with Crippen molar-refractivity contribution in [1.29, 1.82) is 0 Å². The maximum atomic E-state index is 13.1. The average Bonchev–Trinajstić information content (AvgIpc) is 2.86. The first kappa shape index (κ1) is 22.2. The van der Waals surface area contributed by atoms with Crippen LogP contribution >= 0.6 is 0 Å². The summed E-state index contributed by atoms with van der Waals surface area (Å²) < 4.78 is 16.6. The van der Waals surface area contributed by atoms with Gasteiger partial charge in [-0.1, -0.05) is 17.7 Å². The Kier molecular flexibility index (Phi) is 6.34. The van der Waals surface area contributed by atoms with Crippen LogP contribution in [0.2, 0.25) is 0 Å². The second-order valence-corrected chi connectivity index (χ2v) is 8.79. The van der Waals surface area contributed by atoms with Crippen LogP contribution in [0.5, 0.6) is 11.5 Å². The Morgan fingerprint density at radius 2 is 1.85 bits per heavy atom. The van der Waals surface area contributed by atoms with Gasteiger partial charge in [0, 0.05) is 17.6 Å². The van der Waals surface area contributed by atoms with E-state index in [1.165, 1.54) is 0 Å². The molecule has 2 aliphatic rings. The number of amides is 1. The summed E-state index contributed by atoms with van der Waals surface area (Å²) in [5, 5.41) is 3.62. The van der Waals surface area contributed by atoms with Crippen molar-refractivity contribution >= 4 is 22.8 Å². The lowest BCUT2D eigenvalue weighted by atomic mass is 9.89. The maximum Gasteiger partial charge on any atom is 0.339 e. The molecule has 7 heteroatoms. The lowest BCUT2D eigenvalue weighted by Gasteiger charge is -2.20. The zero-order valence-electron chi connectivity index (χ0n) is 19.3. The fourth-order valence-corrected chi connectivity index (χ4v) is 4.61. The van der Waals surface area contributed by atoms with Crippen molar-refractivity contribution < 1.29 is 23.8 Å². The number of carbonyl (C=O) groups excluding carboxylic acids is 2. The van der Waals surface area contributed by atoms with E-state index in [0.29, 0.717) is 31.7 Å². The topological polar surface area (TPSA) is 86.8 Å². The molecule has 3 aromatic rings. The summed E-state index contributed by atoms with van der Waals surface area (Å²) in [6.45, 7) is 3.20. The predicted molar refractivity (Wildman–Crippen MR) is 128 cm³/mol. The number of esters is 1. The third-order valence-corrected chi connectivity index (χ3v) is 6.30. The largest absolute Gasteiger partial charge is 0.486 e. The molecule has 0 unspecified atom stereocenters. The van der Waals surface area contributed by atoms with Gasteiger partial charge >= 0.3 is 5.97 Å². The van der Waals surface area contributed by atoms with Gasteiger partial charge in [0.2, 0.25) is 0 Å². The zero-order chi connectivity index (χ0) is 23.5. The summed E-state index contributed by atoms with van der Waals surface area (Å²) >= 11 is 0. The van der Waals surface area contributed by atoms with Gasteiger partial charge in [-0.15, -0.1) is 0 Å². The van der Waals surface area contributed by atoms with Crippen molar-refractivity contribution in [2.24, 2.45) is 0 Å². The minimum atomic E-state index is -0.460. The molecule has 34 heavy (non-hydrogen) atoms. The van der Waals surface area contributed by atoms with Gasteiger partial charge < -0.3 is 19.5 Å². The van der Waals surface area contributed by atoms with E-state index in [1.807, 2.05) is 43.3 Å². The van der Waals surface area contributed by atoms with E-state index in [4.69, 9.17) is 19.2 Å². The van der Waals surface area contributed by atoms with Crippen LogP contribution in [0.3, 0.4) is 0 Å². The minimum Gasteiger partial charge on any atom is -0.486 e. The number of nitrogens with one attached hydrogen (secondary N) is 1. The fraction of sp³-hybridized carbons (Fsp3) is 0.370. The van der Waals surface area contributed by atoms with E-state index >= 15 is 0 Å². The summed E-state index contributed by atoms with van der Waals surface area (Å²) in [5.74, 6) is 0.687. The van der Waals surface area contributed by atoms with Crippen molar-refractivity contribution in [2.75, 3.05) is 26.4 Å². The maximum absolute atomic E-state index is 13.1. The Bertz CT molecular complexity index is 1250. The van der Waals surface area contributed by atoms with Crippen molar-refractivity contribution in [1.82, 2.24) is 10.3 Å². The molecule has 1 N–H and O–H groups in total. The highest BCUT2D eigenvalue weighted by Crippen LogP contribution is 2.31. The van der Waals surface area contributed by atoms with E-state index in [0.717, 1.165) is 70.5 Å². The number of hydrogen-bond donors (Lipinski definition) is 1. The van der Waals surface area contributed by atoms with Gasteiger partial charge in [-0.3, -0.25) is 9.78 Å². The van der Waals surface area contributed by atoms with Gasteiger partial charge in [-0.05, 0) is 74.4 Å². The predicted octanol–water partition coefficient (Wildman–Crippen LogP) is 3.71. The number of nitrogens with zero attached hydrogens (tertiary/aromatic N) is 1. The Balaban J connectivity index is 1.21. The lowest BCUT2D eigenvalue weighted by molar-refractivity contribution is -0.124. The molecule has 0 bridgehead atoms. The number of pyridine rings is 1. The molecular formula is C27H28N2O5. The molecule has 7 nitrogen and oxygen atoms in total. The number of carbonyl (C=O) groups is 2. The summed E-state index contributed by atoms with van der Waals surface area (Å²) in [7, 11) is 0. The third kappa shape index (κ3) is 4.69. The molecule has 1 aromatic heterocycles. The monoisotopic (exact) mass is 460 g/mol. The number of rotatable bonds is 6. The van der Waals surface area contributed by atoms with Crippen LogP contribution < -0.4 is 14.8 Å². The van der Waals surface area contributed by atoms with Crippen molar-refractivity contribution in [3.8, 4) is 11.5 Å². The molecular weight excluding hydrogens is 432 g/mol. The lowest BCUT2D eigenvalue weighted by Crippen LogP contribution is -2.30. The molecule has 5 rings (SSSR count). The standard InChI is InChI=1S/C27H28N2O5/c1-17-6-8-22-20(14-17)26(19-4-2-3-5-21(19)29-22)27(31)34-16-25(30)28-11-10-18-7-9-23-24(15-18)33-13-12-32-23/h6-9,14-15H,2-5,10-13,16H2,1H3,(H,28,30). The smallest absolute Gasteiger partial charge is 0.339 e. The first-order valence-corrected chi connectivity index (χ1v) is 11.8. The average molecular weight is 461 g/mol. The molecule has 176 valence electrons.